The Morgan fingerprint density at radius 3 is 2.61 bits per heavy atom. The molecule has 0 aliphatic carbocycles. The molecule has 0 bridgehead atoms. The number of amides is 1. The molecule has 2 aromatic carbocycles. The second-order valence-electron chi connectivity index (χ2n) is 7.79. The lowest BCUT2D eigenvalue weighted by atomic mass is 10.1. The van der Waals surface area contributed by atoms with Crippen LogP contribution < -0.4 is 4.90 Å². The highest BCUT2D eigenvalue weighted by molar-refractivity contribution is 5.84. The molecule has 0 radical (unpaired) electrons. The topological polar surface area (TPSA) is 39.3 Å². The van der Waals surface area contributed by atoms with Crippen molar-refractivity contribution >= 4 is 22.5 Å². The minimum absolute atomic E-state index is 0.193. The molecule has 2 heterocycles. The molecule has 3 aromatic rings. The Labute approximate surface area is 167 Å². The summed E-state index contributed by atoms with van der Waals surface area (Å²) in [5.41, 5.74) is 4.88. The van der Waals surface area contributed by atoms with Crippen LogP contribution in [0.15, 0.2) is 54.7 Å². The molecule has 28 heavy (non-hydrogen) atoms. The number of aromatic nitrogens is 1. The number of nitrogens with one attached hydrogen (secondary N) is 1. The first-order chi connectivity index (χ1) is 13.7. The lowest BCUT2D eigenvalue weighted by Gasteiger charge is -2.31. The van der Waals surface area contributed by atoms with Gasteiger partial charge in [-0.25, -0.2) is 0 Å². The monoisotopic (exact) mass is 375 g/mol. The van der Waals surface area contributed by atoms with E-state index in [9.17, 15) is 4.79 Å². The van der Waals surface area contributed by atoms with Gasteiger partial charge in [-0.2, -0.15) is 0 Å². The lowest BCUT2D eigenvalue weighted by Crippen LogP contribution is -2.32. The third-order valence-corrected chi connectivity index (χ3v) is 5.80. The number of carbonyl (C=O) groups excluding carboxylic acids is 1. The zero-order valence-electron chi connectivity index (χ0n) is 16.7. The number of carbonyl (C=O) groups is 1. The van der Waals surface area contributed by atoms with E-state index in [0.29, 0.717) is 13.0 Å². The number of aromatic amines is 1. The van der Waals surface area contributed by atoms with Crippen LogP contribution in [0.4, 0.5) is 5.69 Å². The molecule has 0 atom stereocenters. The highest BCUT2D eigenvalue weighted by Gasteiger charge is 2.17. The van der Waals surface area contributed by atoms with Crippen LogP contribution in [-0.2, 0) is 17.8 Å². The quantitative estimate of drug-likeness (QED) is 0.675. The molecule has 1 fully saturated rings. The summed E-state index contributed by atoms with van der Waals surface area (Å²) in [6.07, 6.45) is 7.17. The Morgan fingerprint density at radius 2 is 1.75 bits per heavy atom. The van der Waals surface area contributed by atoms with E-state index >= 15 is 0 Å². The van der Waals surface area contributed by atoms with Gasteiger partial charge in [0.2, 0.25) is 5.91 Å². The van der Waals surface area contributed by atoms with Crippen LogP contribution in [-0.4, -0.2) is 35.9 Å². The van der Waals surface area contributed by atoms with Gasteiger partial charge in [-0.15, -0.1) is 0 Å². The number of para-hydroxylation sites is 2. The van der Waals surface area contributed by atoms with Gasteiger partial charge in [0.05, 0.1) is 0 Å². The van der Waals surface area contributed by atoms with Gasteiger partial charge in [0, 0.05) is 55.9 Å². The summed E-state index contributed by atoms with van der Waals surface area (Å²) < 4.78 is 0. The van der Waals surface area contributed by atoms with Gasteiger partial charge in [0.15, 0.2) is 0 Å². The highest BCUT2D eigenvalue weighted by Crippen LogP contribution is 2.25. The zero-order valence-corrected chi connectivity index (χ0v) is 16.7. The summed E-state index contributed by atoms with van der Waals surface area (Å²) in [5, 5.41) is 1.22. The predicted octanol–water partition coefficient (Wildman–Crippen LogP) is 4.75. The van der Waals surface area contributed by atoms with Crippen molar-refractivity contribution in [2.45, 2.75) is 38.6 Å². The van der Waals surface area contributed by atoms with Crippen LogP contribution in [0.1, 0.15) is 36.8 Å². The number of aryl methyl sites for hydroxylation is 1. The van der Waals surface area contributed by atoms with Crippen molar-refractivity contribution in [1.82, 2.24) is 9.88 Å². The smallest absolute Gasteiger partial charge is 0.222 e. The summed E-state index contributed by atoms with van der Waals surface area (Å²) in [6.45, 7) is 2.91. The first-order valence-electron chi connectivity index (χ1n) is 10.3. The summed E-state index contributed by atoms with van der Waals surface area (Å²) in [5.74, 6) is 0.193. The van der Waals surface area contributed by atoms with Crippen molar-refractivity contribution < 1.29 is 4.79 Å². The van der Waals surface area contributed by atoms with Crippen LogP contribution in [0.3, 0.4) is 0 Å². The van der Waals surface area contributed by atoms with E-state index in [-0.39, 0.29) is 5.91 Å². The molecule has 0 unspecified atom stereocenters. The van der Waals surface area contributed by atoms with E-state index < -0.39 is 0 Å². The molecule has 1 aliphatic rings. The number of benzene rings is 2. The van der Waals surface area contributed by atoms with E-state index in [1.165, 1.54) is 41.5 Å². The van der Waals surface area contributed by atoms with Gasteiger partial charge in [0.1, 0.15) is 0 Å². The van der Waals surface area contributed by atoms with Gasteiger partial charge in [-0.05, 0) is 48.9 Å². The number of fused-ring (bicyclic) bond motifs is 1. The Bertz CT molecular complexity index is 940. The number of piperidine rings is 1. The van der Waals surface area contributed by atoms with E-state index in [1.807, 2.05) is 30.3 Å². The highest BCUT2D eigenvalue weighted by atomic mass is 16.2. The van der Waals surface area contributed by atoms with E-state index in [4.69, 9.17) is 0 Å². The number of H-pyrrole nitrogens is 1. The van der Waals surface area contributed by atoms with E-state index in [2.05, 4.69) is 46.3 Å². The largest absolute Gasteiger partial charge is 0.371 e. The molecule has 0 spiro atoms. The minimum Gasteiger partial charge on any atom is -0.371 e. The molecular formula is C24H29N3O. The fraction of sp³-hybridized carbons (Fsp3) is 0.375. The normalized spacial score (nSPS) is 14.4. The molecule has 1 saturated heterocycles. The van der Waals surface area contributed by atoms with Crippen LogP contribution in [0.25, 0.3) is 10.9 Å². The summed E-state index contributed by atoms with van der Waals surface area (Å²) in [6, 6.07) is 16.8. The second kappa shape index (κ2) is 8.51. The maximum absolute atomic E-state index is 12.8. The molecule has 4 nitrogen and oxygen atoms in total. The maximum atomic E-state index is 12.8. The fourth-order valence-corrected chi connectivity index (χ4v) is 4.20. The van der Waals surface area contributed by atoms with Crippen LogP contribution in [0.2, 0.25) is 0 Å². The molecule has 1 aliphatic heterocycles. The Hall–Kier alpha value is -2.75. The standard InChI is InChI=1S/C24H29N3O/c1-26(18-20-9-3-6-12-23(20)27-15-7-2-8-16-27)24(28)14-13-19-17-25-22-11-5-4-10-21(19)22/h3-6,9-12,17,25H,2,7-8,13-16,18H2,1H3. The molecular weight excluding hydrogens is 346 g/mol. The molecule has 4 rings (SSSR count). The molecule has 1 amide bonds. The molecule has 1 N–H and O–H groups in total. The molecule has 4 heteroatoms. The van der Waals surface area contributed by atoms with Gasteiger partial charge in [-0.1, -0.05) is 36.4 Å². The molecule has 0 saturated carbocycles. The van der Waals surface area contributed by atoms with Crippen LogP contribution in [0, 0.1) is 0 Å². The number of hydrogen-bond donors (Lipinski definition) is 1. The fourth-order valence-electron chi connectivity index (χ4n) is 4.20. The third-order valence-electron chi connectivity index (χ3n) is 5.80. The first-order valence-corrected chi connectivity index (χ1v) is 10.3. The molecule has 1 aromatic heterocycles. The molecule has 146 valence electrons. The number of anilines is 1. The maximum Gasteiger partial charge on any atom is 0.222 e. The zero-order chi connectivity index (χ0) is 19.3. The van der Waals surface area contributed by atoms with Gasteiger partial charge in [0.25, 0.3) is 0 Å². The summed E-state index contributed by atoms with van der Waals surface area (Å²) >= 11 is 0. The van der Waals surface area contributed by atoms with Crippen LogP contribution >= 0.6 is 0 Å². The summed E-state index contributed by atoms with van der Waals surface area (Å²) in [4.78, 5) is 20.4. The van der Waals surface area contributed by atoms with Crippen LogP contribution in [0.5, 0.6) is 0 Å². The lowest BCUT2D eigenvalue weighted by molar-refractivity contribution is -0.130. The Kier molecular flexibility index (Phi) is 5.65. The third kappa shape index (κ3) is 4.06. The van der Waals surface area contributed by atoms with Crippen molar-refractivity contribution in [2.24, 2.45) is 0 Å². The van der Waals surface area contributed by atoms with Gasteiger partial charge < -0.3 is 14.8 Å². The minimum atomic E-state index is 0.193. The van der Waals surface area contributed by atoms with Crippen molar-refractivity contribution in [3.63, 3.8) is 0 Å². The van der Waals surface area contributed by atoms with Crippen molar-refractivity contribution in [3.8, 4) is 0 Å². The van der Waals surface area contributed by atoms with Crippen molar-refractivity contribution in [1.29, 1.82) is 0 Å². The number of nitrogens with zero attached hydrogens (tertiary/aromatic N) is 2. The SMILES string of the molecule is CN(Cc1ccccc1N1CCCCC1)C(=O)CCc1c[nH]c2ccccc12. The average Bonchev–Trinajstić information content (AvgIpc) is 3.16. The number of hydrogen-bond acceptors (Lipinski definition) is 2. The van der Waals surface area contributed by atoms with E-state index in [1.54, 1.807) is 0 Å². The predicted molar refractivity (Wildman–Crippen MR) is 116 cm³/mol. The van der Waals surface area contributed by atoms with E-state index in [0.717, 1.165) is 25.0 Å². The second-order valence-corrected chi connectivity index (χ2v) is 7.79. The van der Waals surface area contributed by atoms with Crippen molar-refractivity contribution in [2.75, 3.05) is 25.0 Å². The Morgan fingerprint density at radius 1 is 1.00 bits per heavy atom. The van der Waals surface area contributed by atoms with Gasteiger partial charge >= 0.3 is 0 Å². The first kappa shape index (κ1) is 18.6. The average molecular weight is 376 g/mol. The van der Waals surface area contributed by atoms with Gasteiger partial charge in [-0.3, -0.25) is 4.79 Å². The number of rotatable bonds is 6. The Balaban J connectivity index is 1.39. The summed E-state index contributed by atoms with van der Waals surface area (Å²) in [7, 11) is 1.92. The van der Waals surface area contributed by atoms with Crippen molar-refractivity contribution in [3.05, 3.63) is 65.9 Å².